The monoisotopic (exact) mass is 245 g/mol. The Morgan fingerprint density at radius 1 is 1.56 bits per heavy atom. The third-order valence-electron chi connectivity index (χ3n) is 2.26. The van der Waals surface area contributed by atoms with Crippen LogP contribution < -0.4 is 0 Å². The molecule has 1 aromatic carbocycles. The molecule has 0 atom stereocenters. The summed E-state index contributed by atoms with van der Waals surface area (Å²) in [5.74, 6) is -0.668. The molecule has 0 aromatic heterocycles. The Bertz CT molecular complexity index is 384. The van der Waals surface area contributed by atoms with E-state index in [4.69, 9.17) is 16.4 Å². The molecule has 0 aliphatic rings. The highest BCUT2D eigenvalue weighted by molar-refractivity contribution is 6.30. The van der Waals surface area contributed by atoms with E-state index in [-0.39, 0.29) is 17.4 Å². The molecule has 0 saturated carbocycles. The zero-order valence-electron chi connectivity index (χ0n) is 9.17. The molecule has 0 aliphatic heterocycles. The topological polar surface area (TPSA) is 29.5 Å². The molecule has 0 bridgehead atoms. The molecule has 16 heavy (non-hydrogen) atoms. The molecule has 0 heterocycles. The summed E-state index contributed by atoms with van der Waals surface area (Å²) in [6.45, 7) is 0. The second-order valence-electron chi connectivity index (χ2n) is 3.29. The lowest BCUT2D eigenvalue weighted by molar-refractivity contribution is -0.168. The van der Waals surface area contributed by atoms with E-state index in [9.17, 15) is 9.18 Å². The molecule has 0 N–H and O–H groups in total. The van der Waals surface area contributed by atoms with Gasteiger partial charge in [-0.15, -0.1) is 0 Å². The number of amides is 1. The summed E-state index contributed by atoms with van der Waals surface area (Å²) in [4.78, 5) is 16.1. The van der Waals surface area contributed by atoms with E-state index < -0.39 is 5.82 Å². The van der Waals surface area contributed by atoms with Crippen LogP contribution in [0, 0.1) is 5.82 Å². The first-order valence-corrected chi connectivity index (χ1v) is 5.17. The van der Waals surface area contributed by atoms with Gasteiger partial charge in [0, 0.05) is 13.5 Å². The van der Waals surface area contributed by atoms with Gasteiger partial charge in [-0.25, -0.2) is 9.45 Å². The summed E-state index contributed by atoms with van der Waals surface area (Å²) in [7, 11) is 2.91. The second-order valence-corrected chi connectivity index (χ2v) is 3.69. The van der Waals surface area contributed by atoms with Gasteiger partial charge in [0.2, 0.25) is 5.91 Å². The Morgan fingerprint density at radius 3 is 2.88 bits per heavy atom. The SMILES string of the molecule is CON(C)C(=O)CCc1cccc(Cl)c1F. The van der Waals surface area contributed by atoms with Crippen molar-refractivity contribution in [2.24, 2.45) is 0 Å². The minimum absolute atomic E-state index is 0.0741. The Hall–Kier alpha value is -1.13. The number of carbonyl (C=O) groups excluding carboxylic acids is 1. The van der Waals surface area contributed by atoms with Crippen LogP contribution in [0.2, 0.25) is 5.02 Å². The third-order valence-corrected chi connectivity index (χ3v) is 2.56. The molecule has 88 valence electrons. The average Bonchev–Trinajstić information content (AvgIpc) is 2.29. The van der Waals surface area contributed by atoms with Gasteiger partial charge in [0.05, 0.1) is 12.1 Å². The molecule has 1 aromatic rings. The van der Waals surface area contributed by atoms with Crippen LogP contribution >= 0.6 is 11.6 Å². The normalized spacial score (nSPS) is 10.2. The Balaban J connectivity index is 2.61. The number of hydrogen-bond donors (Lipinski definition) is 0. The van der Waals surface area contributed by atoms with Crippen LogP contribution in [0.5, 0.6) is 0 Å². The summed E-state index contributed by atoms with van der Waals surface area (Å²) >= 11 is 5.62. The van der Waals surface area contributed by atoms with Crippen LogP contribution in [0.25, 0.3) is 0 Å². The van der Waals surface area contributed by atoms with Crippen LogP contribution in [0.1, 0.15) is 12.0 Å². The maximum Gasteiger partial charge on any atom is 0.246 e. The van der Waals surface area contributed by atoms with E-state index in [2.05, 4.69) is 0 Å². The number of hydroxylamine groups is 2. The van der Waals surface area contributed by atoms with Crippen molar-refractivity contribution >= 4 is 17.5 Å². The van der Waals surface area contributed by atoms with E-state index in [0.29, 0.717) is 12.0 Å². The van der Waals surface area contributed by atoms with Gasteiger partial charge < -0.3 is 0 Å². The van der Waals surface area contributed by atoms with E-state index in [0.717, 1.165) is 5.06 Å². The number of aryl methyl sites for hydroxylation is 1. The minimum Gasteiger partial charge on any atom is -0.275 e. The van der Waals surface area contributed by atoms with Crippen molar-refractivity contribution in [3.63, 3.8) is 0 Å². The van der Waals surface area contributed by atoms with Crippen molar-refractivity contribution in [3.8, 4) is 0 Å². The first-order valence-electron chi connectivity index (χ1n) is 4.79. The van der Waals surface area contributed by atoms with Crippen LogP contribution in [0.3, 0.4) is 0 Å². The lowest BCUT2D eigenvalue weighted by Gasteiger charge is -2.13. The van der Waals surface area contributed by atoms with Gasteiger partial charge in [-0.05, 0) is 18.1 Å². The van der Waals surface area contributed by atoms with Gasteiger partial charge in [-0.2, -0.15) is 0 Å². The molecule has 0 saturated heterocycles. The third kappa shape index (κ3) is 3.18. The van der Waals surface area contributed by atoms with E-state index >= 15 is 0 Å². The van der Waals surface area contributed by atoms with E-state index in [1.807, 2.05) is 0 Å². The van der Waals surface area contributed by atoms with Gasteiger partial charge in [-0.1, -0.05) is 23.7 Å². The molecule has 5 heteroatoms. The average molecular weight is 246 g/mol. The summed E-state index contributed by atoms with van der Waals surface area (Å²) in [5.41, 5.74) is 0.436. The van der Waals surface area contributed by atoms with Crippen molar-refractivity contribution in [1.82, 2.24) is 5.06 Å². The maximum absolute atomic E-state index is 13.4. The van der Waals surface area contributed by atoms with Crippen molar-refractivity contribution < 1.29 is 14.0 Å². The lowest BCUT2D eigenvalue weighted by atomic mass is 10.1. The van der Waals surface area contributed by atoms with Gasteiger partial charge in [0.25, 0.3) is 0 Å². The number of rotatable bonds is 4. The predicted octanol–water partition coefficient (Wildman–Crippen LogP) is 2.43. The van der Waals surface area contributed by atoms with Gasteiger partial charge >= 0.3 is 0 Å². The largest absolute Gasteiger partial charge is 0.275 e. The minimum atomic E-state index is -0.461. The van der Waals surface area contributed by atoms with Crippen molar-refractivity contribution in [2.45, 2.75) is 12.8 Å². The fourth-order valence-electron chi connectivity index (χ4n) is 1.24. The Labute approximate surface area is 98.7 Å². The molecule has 0 unspecified atom stereocenters. The van der Waals surface area contributed by atoms with Crippen LogP contribution in [0.4, 0.5) is 4.39 Å². The molecule has 1 rings (SSSR count). The van der Waals surface area contributed by atoms with Crippen molar-refractivity contribution in [2.75, 3.05) is 14.2 Å². The first-order chi connectivity index (χ1) is 7.56. The fourth-order valence-corrected chi connectivity index (χ4v) is 1.44. The number of halogens is 2. The summed E-state index contributed by atoms with van der Waals surface area (Å²) in [6, 6.07) is 4.75. The van der Waals surface area contributed by atoms with Gasteiger partial charge in [0.1, 0.15) is 5.82 Å². The second kappa shape index (κ2) is 5.82. The van der Waals surface area contributed by atoms with E-state index in [1.165, 1.54) is 20.2 Å². The molecule has 1 amide bonds. The lowest BCUT2D eigenvalue weighted by Crippen LogP contribution is -2.25. The number of benzene rings is 1. The number of nitrogens with zero attached hydrogens (tertiary/aromatic N) is 1. The molecular formula is C11H13ClFNO2. The Kier molecular flexibility index (Phi) is 4.71. The maximum atomic E-state index is 13.4. The van der Waals surface area contributed by atoms with Crippen molar-refractivity contribution in [3.05, 3.63) is 34.6 Å². The van der Waals surface area contributed by atoms with Crippen LogP contribution in [-0.4, -0.2) is 25.1 Å². The molecular weight excluding hydrogens is 233 g/mol. The van der Waals surface area contributed by atoms with Crippen molar-refractivity contribution in [1.29, 1.82) is 0 Å². The zero-order valence-corrected chi connectivity index (χ0v) is 9.92. The molecule has 0 aliphatic carbocycles. The highest BCUT2D eigenvalue weighted by Gasteiger charge is 2.11. The summed E-state index contributed by atoms with van der Waals surface area (Å²) < 4.78 is 13.4. The zero-order chi connectivity index (χ0) is 12.1. The summed E-state index contributed by atoms with van der Waals surface area (Å²) in [5, 5.41) is 1.19. The molecule has 3 nitrogen and oxygen atoms in total. The molecule has 0 fully saturated rings. The highest BCUT2D eigenvalue weighted by Crippen LogP contribution is 2.19. The van der Waals surface area contributed by atoms with Gasteiger partial charge in [-0.3, -0.25) is 9.63 Å². The molecule has 0 spiro atoms. The number of hydrogen-bond acceptors (Lipinski definition) is 2. The fraction of sp³-hybridized carbons (Fsp3) is 0.364. The van der Waals surface area contributed by atoms with E-state index in [1.54, 1.807) is 12.1 Å². The number of carbonyl (C=O) groups is 1. The van der Waals surface area contributed by atoms with Crippen LogP contribution in [0.15, 0.2) is 18.2 Å². The van der Waals surface area contributed by atoms with Gasteiger partial charge in [0.15, 0.2) is 0 Å². The smallest absolute Gasteiger partial charge is 0.246 e. The first kappa shape index (κ1) is 12.9. The Morgan fingerprint density at radius 2 is 2.25 bits per heavy atom. The predicted molar refractivity (Wildman–Crippen MR) is 59.5 cm³/mol. The van der Waals surface area contributed by atoms with Crippen LogP contribution in [-0.2, 0) is 16.1 Å². The highest BCUT2D eigenvalue weighted by atomic mass is 35.5. The summed E-state index contributed by atoms with van der Waals surface area (Å²) in [6.07, 6.45) is 0.487. The quantitative estimate of drug-likeness (QED) is 0.763. The molecule has 0 radical (unpaired) electrons. The standard InChI is InChI=1S/C11H13ClFNO2/c1-14(16-2)10(15)7-6-8-4-3-5-9(12)11(8)13/h3-5H,6-7H2,1-2H3.